The molecule has 0 aromatic heterocycles. The molecule has 0 unspecified atom stereocenters. The summed E-state index contributed by atoms with van der Waals surface area (Å²) < 4.78 is 5.47. The molecule has 1 rings (SSSR count). The van der Waals surface area contributed by atoms with Gasteiger partial charge in [-0.15, -0.1) is 0 Å². The van der Waals surface area contributed by atoms with E-state index in [9.17, 15) is 9.59 Å². The van der Waals surface area contributed by atoms with E-state index in [1.54, 1.807) is 37.4 Å². The molecule has 0 heterocycles. The van der Waals surface area contributed by atoms with Crippen LogP contribution in [0.15, 0.2) is 24.3 Å². The second-order valence-electron chi connectivity index (χ2n) is 4.97. The van der Waals surface area contributed by atoms with Gasteiger partial charge in [-0.1, -0.05) is 0 Å². The Morgan fingerprint density at radius 3 is 2.47 bits per heavy atom. The Kier molecular flexibility index (Phi) is 6.00. The van der Waals surface area contributed by atoms with Gasteiger partial charge in [-0.25, -0.2) is 0 Å². The highest BCUT2D eigenvalue weighted by atomic mass is 28.4. The smallest absolute Gasteiger partial charge is 0.251 e. The summed E-state index contributed by atoms with van der Waals surface area (Å²) in [5.41, 5.74) is 0.569. The van der Waals surface area contributed by atoms with Gasteiger partial charge in [-0.2, -0.15) is 0 Å². The van der Waals surface area contributed by atoms with Crippen LogP contribution in [0.2, 0.25) is 13.1 Å². The van der Waals surface area contributed by atoms with Crippen LogP contribution in [0.1, 0.15) is 10.4 Å². The second kappa shape index (κ2) is 7.27. The van der Waals surface area contributed by atoms with Gasteiger partial charge in [-0.05, 0) is 44.4 Å². The molecular weight excluding hydrogens is 260 g/mol. The van der Waals surface area contributed by atoms with E-state index in [1.807, 2.05) is 7.05 Å². The van der Waals surface area contributed by atoms with Crippen molar-refractivity contribution in [2.24, 2.45) is 0 Å². The van der Waals surface area contributed by atoms with Crippen molar-refractivity contribution in [1.29, 1.82) is 0 Å². The van der Waals surface area contributed by atoms with Crippen LogP contribution < -0.4 is 15.4 Å². The van der Waals surface area contributed by atoms with Gasteiger partial charge in [0.05, 0.1) is 0 Å². The average molecular weight is 282 g/mol. The fraction of sp³-hybridized carbons (Fsp3) is 0.462. The normalized spacial score (nSPS) is 11.2. The number of hydrogen-bond acceptors (Lipinski definition) is 4. The van der Waals surface area contributed by atoms with Crippen LogP contribution in [0.4, 0.5) is 0 Å². The van der Waals surface area contributed by atoms with Gasteiger partial charge in [0.2, 0.25) is 8.32 Å². The molecule has 1 amide bonds. The summed E-state index contributed by atoms with van der Waals surface area (Å²) in [6.07, 6.45) is 0.353. The molecule has 1 aromatic rings. The van der Waals surface area contributed by atoms with Gasteiger partial charge in [0, 0.05) is 18.3 Å². The van der Waals surface area contributed by atoms with Crippen molar-refractivity contribution < 1.29 is 14.3 Å². The summed E-state index contributed by atoms with van der Waals surface area (Å²) in [4.78, 5) is 21.5. The number of benzene rings is 1. The Bertz CT molecular complexity index is 401. The fourth-order valence-corrected chi connectivity index (χ4v) is 1.97. The zero-order valence-electron chi connectivity index (χ0n) is 11.7. The molecule has 3 N–H and O–H groups in total. The fourth-order valence-electron chi connectivity index (χ4n) is 1.37. The molecule has 0 aliphatic heterocycles. The van der Waals surface area contributed by atoms with Crippen molar-refractivity contribution in [3.8, 4) is 5.75 Å². The van der Waals surface area contributed by atoms with E-state index in [2.05, 4.69) is 10.6 Å². The minimum absolute atomic E-state index is 0.170. The van der Waals surface area contributed by atoms with Crippen LogP contribution in [0.3, 0.4) is 0 Å². The predicted molar refractivity (Wildman–Crippen MR) is 77.9 cm³/mol. The molecule has 0 bridgehead atoms. The number of carbonyl (C=O) groups excluding carboxylic acids is 1. The zero-order valence-corrected chi connectivity index (χ0v) is 12.7. The van der Waals surface area contributed by atoms with Crippen molar-refractivity contribution in [3.63, 3.8) is 0 Å². The summed E-state index contributed by atoms with van der Waals surface area (Å²) in [6, 6.07) is 6.98. The molecule has 6 heteroatoms. The highest BCUT2D eigenvalue weighted by Gasteiger charge is 2.18. The Hall–Kier alpha value is -1.37. The van der Waals surface area contributed by atoms with Gasteiger partial charge in [0.1, 0.15) is 12.4 Å². The van der Waals surface area contributed by atoms with E-state index >= 15 is 0 Å². The predicted octanol–water partition coefficient (Wildman–Crippen LogP) is 0.751. The molecular formula is C13H22N2O3Si. The van der Waals surface area contributed by atoms with Crippen molar-refractivity contribution in [2.45, 2.75) is 13.1 Å². The van der Waals surface area contributed by atoms with Gasteiger partial charge in [-0.3, -0.25) is 4.79 Å². The van der Waals surface area contributed by atoms with E-state index < -0.39 is 8.32 Å². The van der Waals surface area contributed by atoms with E-state index in [-0.39, 0.29) is 5.91 Å². The second-order valence-corrected chi connectivity index (χ2v) is 8.95. The first-order valence-electron chi connectivity index (χ1n) is 6.30. The van der Waals surface area contributed by atoms with Gasteiger partial charge in [0.25, 0.3) is 5.91 Å². The standard InChI is InChI=1S/C13H22N2O3Si/c1-14-8-9-18-12-6-4-11(5-7-12)13(16)15-10-19(2,3)17/h4-7,14,17H,8-10H2,1-3H3,(H,15,16). The topological polar surface area (TPSA) is 70.6 Å². The largest absolute Gasteiger partial charge is 0.492 e. The van der Waals surface area contributed by atoms with E-state index in [4.69, 9.17) is 4.74 Å². The third-order valence-electron chi connectivity index (χ3n) is 2.42. The monoisotopic (exact) mass is 282 g/mol. The average Bonchev–Trinajstić information content (AvgIpc) is 2.36. The maximum atomic E-state index is 11.8. The van der Waals surface area contributed by atoms with E-state index in [0.29, 0.717) is 18.3 Å². The lowest BCUT2D eigenvalue weighted by molar-refractivity contribution is 0.0958. The molecule has 5 nitrogen and oxygen atoms in total. The molecule has 0 aliphatic carbocycles. The molecule has 19 heavy (non-hydrogen) atoms. The quantitative estimate of drug-likeness (QED) is 0.510. The Morgan fingerprint density at radius 1 is 1.32 bits per heavy atom. The van der Waals surface area contributed by atoms with Crippen molar-refractivity contribution >= 4 is 14.2 Å². The summed E-state index contributed by atoms with van der Waals surface area (Å²) in [5.74, 6) is 0.570. The number of carbonyl (C=O) groups is 1. The number of ether oxygens (including phenoxy) is 1. The van der Waals surface area contributed by atoms with Crippen molar-refractivity contribution in [3.05, 3.63) is 29.8 Å². The Balaban J connectivity index is 2.48. The molecule has 0 spiro atoms. The van der Waals surface area contributed by atoms with Crippen LogP contribution >= 0.6 is 0 Å². The van der Waals surface area contributed by atoms with Gasteiger partial charge < -0.3 is 20.2 Å². The van der Waals surface area contributed by atoms with E-state index in [0.717, 1.165) is 12.3 Å². The Morgan fingerprint density at radius 2 is 1.95 bits per heavy atom. The molecule has 0 atom stereocenters. The highest BCUT2D eigenvalue weighted by Crippen LogP contribution is 2.12. The first-order valence-corrected chi connectivity index (χ1v) is 9.46. The molecule has 106 valence electrons. The lowest BCUT2D eigenvalue weighted by Crippen LogP contribution is -2.42. The molecule has 0 saturated carbocycles. The van der Waals surface area contributed by atoms with Crippen LogP contribution in [-0.2, 0) is 0 Å². The van der Waals surface area contributed by atoms with Gasteiger partial charge >= 0.3 is 0 Å². The molecule has 0 fully saturated rings. The van der Waals surface area contributed by atoms with Gasteiger partial charge in [0.15, 0.2) is 0 Å². The maximum Gasteiger partial charge on any atom is 0.251 e. The van der Waals surface area contributed by atoms with Crippen LogP contribution in [0.5, 0.6) is 5.75 Å². The summed E-state index contributed by atoms with van der Waals surface area (Å²) in [6.45, 7) is 4.93. The zero-order chi connectivity index (χ0) is 14.3. The highest BCUT2D eigenvalue weighted by molar-refractivity contribution is 6.70. The number of hydrogen-bond donors (Lipinski definition) is 3. The first kappa shape index (κ1) is 15.7. The van der Waals surface area contributed by atoms with Crippen LogP contribution in [0.25, 0.3) is 0 Å². The van der Waals surface area contributed by atoms with E-state index in [1.165, 1.54) is 0 Å². The van der Waals surface area contributed by atoms with Crippen LogP contribution in [0, 0.1) is 0 Å². The molecule has 0 radical (unpaired) electrons. The number of nitrogens with one attached hydrogen (secondary N) is 2. The van der Waals surface area contributed by atoms with Crippen molar-refractivity contribution in [2.75, 3.05) is 26.4 Å². The number of rotatable bonds is 7. The lowest BCUT2D eigenvalue weighted by atomic mass is 10.2. The third kappa shape index (κ3) is 6.37. The maximum absolute atomic E-state index is 11.8. The van der Waals surface area contributed by atoms with Crippen molar-refractivity contribution in [1.82, 2.24) is 10.6 Å². The number of likely N-dealkylation sites (N-methyl/N-ethyl adjacent to an activating group) is 1. The molecule has 0 aliphatic rings. The number of amides is 1. The minimum atomic E-state index is -2.25. The summed E-state index contributed by atoms with van der Waals surface area (Å²) >= 11 is 0. The summed E-state index contributed by atoms with van der Waals surface area (Å²) in [5, 5.41) is 5.72. The SMILES string of the molecule is CNCCOc1ccc(C(=O)NC[Si](C)(C)O)cc1. The first-order chi connectivity index (χ1) is 8.92. The molecule has 1 aromatic carbocycles. The molecule has 0 saturated heterocycles. The Labute approximate surface area is 115 Å². The summed E-state index contributed by atoms with van der Waals surface area (Å²) in [7, 11) is -0.385. The third-order valence-corrected chi connectivity index (χ3v) is 3.46. The minimum Gasteiger partial charge on any atom is -0.492 e. The lowest BCUT2D eigenvalue weighted by Gasteiger charge is -2.14. The van der Waals surface area contributed by atoms with Crippen LogP contribution in [-0.4, -0.2) is 45.4 Å².